The molecule has 1 atom stereocenters. The predicted molar refractivity (Wildman–Crippen MR) is 64.5 cm³/mol. The molecule has 2 N–H and O–H groups in total. The Hall–Kier alpha value is -1.13. The van der Waals surface area contributed by atoms with E-state index in [-0.39, 0.29) is 11.9 Å². The maximum absolute atomic E-state index is 13.9. The second-order valence-corrected chi connectivity index (χ2v) is 4.57. The minimum Gasteiger partial charge on any atom is -0.393 e. The average molecular weight is 239 g/mol. The second kappa shape index (κ2) is 5.02. The number of benzene rings is 1. The molecule has 0 aromatic heterocycles. The molecule has 1 saturated heterocycles. The molecule has 0 aliphatic carbocycles. The van der Waals surface area contributed by atoms with Crippen LogP contribution in [-0.2, 0) is 0 Å². The number of aliphatic hydroxyl groups is 2. The summed E-state index contributed by atoms with van der Waals surface area (Å²) in [5.41, 5.74) is 1.09. The molecule has 94 valence electrons. The van der Waals surface area contributed by atoms with Crippen molar-refractivity contribution in [1.29, 1.82) is 0 Å². The van der Waals surface area contributed by atoms with Crippen LogP contribution in [0.5, 0.6) is 0 Å². The number of piperidine rings is 1. The van der Waals surface area contributed by atoms with Crippen molar-refractivity contribution >= 4 is 5.69 Å². The molecule has 0 radical (unpaired) electrons. The number of aliphatic hydroxyl groups excluding tert-OH is 2. The molecule has 1 aliphatic heterocycles. The van der Waals surface area contributed by atoms with Gasteiger partial charge in [-0.2, -0.15) is 0 Å². The third kappa shape index (κ3) is 2.58. The maximum atomic E-state index is 13.9. The Labute approximate surface area is 100 Å². The standard InChI is InChI=1S/C13H18FNO2/c1-9(16)11-3-2-4-12(14)13(11)15-7-5-10(17)6-8-15/h2-4,9-10,16-17H,5-8H2,1H3/t9-/m0/s1. The first-order chi connectivity index (χ1) is 8.09. The van der Waals surface area contributed by atoms with Gasteiger partial charge in [-0.1, -0.05) is 12.1 Å². The minimum atomic E-state index is -0.687. The molecule has 0 amide bonds. The maximum Gasteiger partial charge on any atom is 0.146 e. The van der Waals surface area contributed by atoms with E-state index in [1.165, 1.54) is 6.07 Å². The molecule has 0 unspecified atom stereocenters. The fourth-order valence-corrected chi connectivity index (χ4v) is 2.29. The van der Waals surface area contributed by atoms with Crippen LogP contribution in [0.4, 0.5) is 10.1 Å². The number of para-hydroxylation sites is 1. The summed E-state index contributed by atoms with van der Waals surface area (Å²) < 4.78 is 13.9. The number of anilines is 1. The fraction of sp³-hybridized carbons (Fsp3) is 0.538. The number of hydrogen-bond acceptors (Lipinski definition) is 3. The Morgan fingerprint density at radius 3 is 2.59 bits per heavy atom. The first kappa shape index (κ1) is 12.3. The summed E-state index contributed by atoms with van der Waals surface area (Å²) in [4.78, 5) is 1.91. The highest BCUT2D eigenvalue weighted by Crippen LogP contribution is 2.31. The summed E-state index contributed by atoms with van der Waals surface area (Å²) in [6.45, 7) is 2.89. The van der Waals surface area contributed by atoms with E-state index in [1.54, 1.807) is 19.1 Å². The van der Waals surface area contributed by atoms with Gasteiger partial charge in [0.15, 0.2) is 0 Å². The van der Waals surface area contributed by atoms with Gasteiger partial charge in [-0.15, -0.1) is 0 Å². The van der Waals surface area contributed by atoms with E-state index in [2.05, 4.69) is 0 Å². The monoisotopic (exact) mass is 239 g/mol. The van der Waals surface area contributed by atoms with Gasteiger partial charge in [-0.25, -0.2) is 4.39 Å². The van der Waals surface area contributed by atoms with Crippen LogP contribution in [0.25, 0.3) is 0 Å². The molecule has 2 rings (SSSR count). The number of halogens is 1. The Balaban J connectivity index is 2.30. The first-order valence-corrected chi connectivity index (χ1v) is 5.99. The minimum absolute atomic E-state index is 0.284. The van der Waals surface area contributed by atoms with Crippen molar-refractivity contribution in [3.8, 4) is 0 Å². The van der Waals surface area contributed by atoms with Crippen molar-refractivity contribution in [1.82, 2.24) is 0 Å². The van der Waals surface area contributed by atoms with E-state index in [1.807, 2.05) is 4.90 Å². The van der Waals surface area contributed by atoms with Crippen LogP contribution in [0.3, 0.4) is 0 Å². The van der Waals surface area contributed by atoms with Gasteiger partial charge < -0.3 is 15.1 Å². The first-order valence-electron chi connectivity index (χ1n) is 5.99. The van der Waals surface area contributed by atoms with Crippen molar-refractivity contribution in [2.45, 2.75) is 32.0 Å². The molecule has 1 fully saturated rings. The van der Waals surface area contributed by atoms with Gasteiger partial charge in [-0.3, -0.25) is 0 Å². The van der Waals surface area contributed by atoms with Gasteiger partial charge in [0.1, 0.15) is 5.82 Å². The zero-order chi connectivity index (χ0) is 12.4. The lowest BCUT2D eigenvalue weighted by Gasteiger charge is -2.33. The Bertz CT molecular complexity index is 387. The van der Waals surface area contributed by atoms with E-state index in [0.29, 0.717) is 37.2 Å². The second-order valence-electron chi connectivity index (χ2n) is 4.57. The SMILES string of the molecule is C[C@H](O)c1cccc(F)c1N1CCC(O)CC1. The summed E-state index contributed by atoms with van der Waals surface area (Å²) in [5.74, 6) is -0.306. The quantitative estimate of drug-likeness (QED) is 0.827. The smallest absolute Gasteiger partial charge is 0.146 e. The molecular formula is C13H18FNO2. The lowest BCUT2D eigenvalue weighted by molar-refractivity contribution is 0.145. The fourth-order valence-electron chi connectivity index (χ4n) is 2.29. The lowest BCUT2D eigenvalue weighted by Crippen LogP contribution is -2.37. The van der Waals surface area contributed by atoms with Gasteiger partial charge >= 0.3 is 0 Å². The lowest BCUT2D eigenvalue weighted by atomic mass is 10.0. The van der Waals surface area contributed by atoms with Crippen molar-refractivity contribution in [2.75, 3.05) is 18.0 Å². The van der Waals surface area contributed by atoms with Gasteiger partial charge in [0, 0.05) is 18.7 Å². The average Bonchev–Trinajstić information content (AvgIpc) is 2.30. The number of rotatable bonds is 2. The van der Waals surface area contributed by atoms with Crippen molar-refractivity contribution in [2.24, 2.45) is 0 Å². The molecule has 1 aromatic carbocycles. The summed E-state index contributed by atoms with van der Waals surface area (Å²) >= 11 is 0. The molecule has 0 bridgehead atoms. The van der Waals surface area contributed by atoms with Crippen LogP contribution < -0.4 is 4.90 Å². The van der Waals surface area contributed by atoms with E-state index in [9.17, 15) is 14.6 Å². The van der Waals surface area contributed by atoms with E-state index in [4.69, 9.17) is 0 Å². The number of hydrogen-bond donors (Lipinski definition) is 2. The van der Waals surface area contributed by atoms with Crippen LogP contribution in [0.15, 0.2) is 18.2 Å². The van der Waals surface area contributed by atoms with E-state index in [0.717, 1.165) is 0 Å². The van der Waals surface area contributed by atoms with Gasteiger partial charge in [0.05, 0.1) is 17.9 Å². The number of nitrogens with zero attached hydrogens (tertiary/aromatic N) is 1. The molecule has 17 heavy (non-hydrogen) atoms. The third-order valence-electron chi connectivity index (χ3n) is 3.25. The van der Waals surface area contributed by atoms with Crippen LogP contribution in [0, 0.1) is 5.82 Å². The molecule has 1 aliphatic rings. The Morgan fingerprint density at radius 2 is 2.00 bits per heavy atom. The van der Waals surface area contributed by atoms with Crippen molar-refractivity contribution < 1.29 is 14.6 Å². The highest BCUT2D eigenvalue weighted by Gasteiger charge is 2.23. The normalized spacial score (nSPS) is 19.4. The molecular weight excluding hydrogens is 221 g/mol. The largest absolute Gasteiger partial charge is 0.393 e. The van der Waals surface area contributed by atoms with Crippen molar-refractivity contribution in [3.05, 3.63) is 29.6 Å². The van der Waals surface area contributed by atoms with Crippen LogP contribution >= 0.6 is 0 Å². The summed E-state index contributed by atoms with van der Waals surface area (Å²) in [6.07, 6.45) is 0.321. The van der Waals surface area contributed by atoms with Gasteiger partial charge in [-0.05, 0) is 25.8 Å². The Kier molecular flexibility index (Phi) is 3.64. The summed E-state index contributed by atoms with van der Waals surface area (Å²) in [5, 5.41) is 19.1. The molecule has 0 spiro atoms. The Morgan fingerprint density at radius 1 is 1.35 bits per heavy atom. The van der Waals surface area contributed by atoms with Crippen molar-refractivity contribution in [3.63, 3.8) is 0 Å². The molecule has 3 nitrogen and oxygen atoms in total. The topological polar surface area (TPSA) is 43.7 Å². The van der Waals surface area contributed by atoms with Crippen LogP contribution in [0.2, 0.25) is 0 Å². The van der Waals surface area contributed by atoms with Gasteiger partial charge in [0.2, 0.25) is 0 Å². The molecule has 1 heterocycles. The zero-order valence-corrected chi connectivity index (χ0v) is 9.93. The van der Waals surface area contributed by atoms with Gasteiger partial charge in [0.25, 0.3) is 0 Å². The molecule has 1 aromatic rings. The predicted octanol–water partition coefficient (Wildman–Crippen LogP) is 1.84. The zero-order valence-electron chi connectivity index (χ0n) is 9.93. The molecule has 4 heteroatoms. The highest BCUT2D eigenvalue weighted by molar-refractivity contribution is 5.56. The summed E-state index contributed by atoms with van der Waals surface area (Å²) in [6, 6.07) is 4.76. The van der Waals surface area contributed by atoms with Crippen LogP contribution in [0.1, 0.15) is 31.4 Å². The molecule has 0 saturated carbocycles. The highest BCUT2D eigenvalue weighted by atomic mass is 19.1. The van der Waals surface area contributed by atoms with E-state index < -0.39 is 6.10 Å². The van der Waals surface area contributed by atoms with E-state index >= 15 is 0 Å². The summed E-state index contributed by atoms with van der Waals surface area (Å²) in [7, 11) is 0. The van der Waals surface area contributed by atoms with Crippen LogP contribution in [-0.4, -0.2) is 29.4 Å². The third-order valence-corrected chi connectivity index (χ3v) is 3.25.